The summed E-state index contributed by atoms with van der Waals surface area (Å²) >= 11 is 5.75. The van der Waals surface area contributed by atoms with Crippen molar-refractivity contribution in [3.05, 3.63) is 57.7 Å². The van der Waals surface area contributed by atoms with Gasteiger partial charge in [-0.05, 0) is 24.3 Å². The summed E-state index contributed by atoms with van der Waals surface area (Å²) in [5.74, 6) is 0.212. The number of amides is 1. The molecule has 1 fully saturated rings. The molecular formula is C20H25ClN4O3. The van der Waals surface area contributed by atoms with E-state index in [1.807, 2.05) is 37.3 Å². The van der Waals surface area contributed by atoms with Crippen molar-refractivity contribution in [2.45, 2.75) is 44.2 Å². The van der Waals surface area contributed by atoms with Gasteiger partial charge in [-0.3, -0.25) is 14.2 Å². The topological polar surface area (TPSA) is 101 Å². The normalized spacial score (nSPS) is 17.3. The maximum absolute atomic E-state index is 12.6. The van der Waals surface area contributed by atoms with Gasteiger partial charge in [0, 0.05) is 19.5 Å². The van der Waals surface area contributed by atoms with Gasteiger partial charge in [0.2, 0.25) is 5.91 Å². The van der Waals surface area contributed by atoms with Crippen molar-refractivity contribution < 1.29 is 9.90 Å². The van der Waals surface area contributed by atoms with Crippen LogP contribution in [0, 0.1) is 0 Å². The van der Waals surface area contributed by atoms with E-state index in [9.17, 15) is 14.7 Å². The van der Waals surface area contributed by atoms with Gasteiger partial charge < -0.3 is 15.7 Å². The molecule has 1 saturated heterocycles. The van der Waals surface area contributed by atoms with Gasteiger partial charge >= 0.3 is 0 Å². The summed E-state index contributed by atoms with van der Waals surface area (Å²) in [6, 6.07) is 9.95. The van der Waals surface area contributed by atoms with Crippen LogP contribution in [0.1, 0.15) is 37.7 Å². The third kappa shape index (κ3) is 4.54. The van der Waals surface area contributed by atoms with Crippen LogP contribution in [0.2, 0.25) is 5.15 Å². The SMILES string of the molecule is C[C@H](CC(=O)N1CCC(O)(Cn2cnc(Cl)c(N)c2=O)CC1)c1ccccc1. The van der Waals surface area contributed by atoms with Gasteiger partial charge in [0.25, 0.3) is 5.56 Å². The highest BCUT2D eigenvalue weighted by Crippen LogP contribution is 2.26. The summed E-state index contributed by atoms with van der Waals surface area (Å²) in [5.41, 5.74) is 5.07. The molecule has 0 spiro atoms. The van der Waals surface area contributed by atoms with Gasteiger partial charge in [0.05, 0.1) is 18.5 Å². The van der Waals surface area contributed by atoms with E-state index in [0.29, 0.717) is 32.4 Å². The molecule has 0 unspecified atom stereocenters. The van der Waals surface area contributed by atoms with E-state index in [1.165, 1.54) is 10.9 Å². The lowest BCUT2D eigenvalue weighted by Gasteiger charge is -2.38. The third-order valence-electron chi connectivity index (χ3n) is 5.38. The molecule has 8 heteroatoms. The fourth-order valence-electron chi connectivity index (χ4n) is 3.54. The van der Waals surface area contributed by atoms with E-state index >= 15 is 0 Å². The van der Waals surface area contributed by atoms with Gasteiger partial charge in [0.1, 0.15) is 5.69 Å². The summed E-state index contributed by atoms with van der Waals surface area (Å²) in [6.45, 7) is 3.00. The van der Waals surface area contributed by atoms with Gasteiger partial charge in [0.15, 0.2) is 5.15 Å². The molecule has 1 amide bonds. The molecule has 0 bridgehead atoms. The second-order valence-corrected chi connectivity index (χ2v) is 7.86. The lowest BCUT2D eigenvalue weighted by Crippen LogP contribution is -2.49. The fourth-order valence-corrected chi connectivity index (χ4v) is 3.66. The molecule has 2 aromatic rings. The number of halogens is 1. The van der Waals surface area contributed by atoms with E-state index in [4.69, 9.17) is 17.3 Å². The summed E-state index contributed by atoms with van der Waals surface area (Å²) < 4.78 is 1.27. The maximum Gasteiger partial charge on any atom is 0.278 e. The first-order chi connectivity index (χ1) is 13.3. The molecule has 0 aliphatic carbocycles. The first-order valence-corrected chi connectivity index (χ1v) is 9.72. The van der Waals surface area contributed by atoms with Crippen molar-refractivity contribution in [2.24, 2.45) is 0 Å². The number of piperidine rings is 1. The number of nitrogen functional groups attached to an aromatic ring is 1. The van der Waals surface area contributed by atoms with Crippen LogP contribution in [-0.4, -0.2) is 44.2 Å². The summed E-state index contributed by atoms with van der Waals surface area (Å²) in [4.78, 5) is 30.5. The molecule has 0 radical (unpaired) electrons. The van der Waals surface area contributed by atoms with Crippen molar-refractivity contribution in [1.82, 2.24) is 14.5 Å². The van der Waals surface area contributed by atoms with Crippen LogP contribution in [0.3, 0.4) is 0 Å². The molecule has 150 valence electrons. The molecule has 1 aliphatic heterocycles. The first-order valence-electron chi connectivity index (χ1n) is 9.34. The molecule has 28 heavy (non-hydrogen) atoms. The van der Waals surface area contributed by atoms with Crippen LogP contribution in [0.25, 0.3) is 0 Å². The number of rotatable bonds is 5. The van der Waals surface area contributed by atoms with Crippen molar-refractivity contribution in [2.75, 3.05) is 18.8 Å². The number of anilines is 1. The Morgan fingerprint density at radius 1 is 1.32 bits per heavy atom. The van der Waals surface area contributed by atoms with Gasteiger partial charge in [-0.1, -0.05) is 48.9 Å². The highest BCUT2D eigenvalue weighted by atomic mass is 35.5. The zero-order chi connectivity index (χ0) is 20.3. The highest BCUT2D eigenvalue weighted by molar-refractivity contribution is 6.31. The number of aliphatic hydroxyl groups is 1. The number of hydrogen-bond acceptors (Lipinski definition) is 5. The van der Waals surface area contributed by atoms with Crippen LogP contribution < -0.4 is 11.3 Å². The summed E-state index contributed by atoms with van der Waals surface area (Å²) in [7, 11) is 0. The molecule has 1 atom stereocenters. The number of nitrogens with zero attached hydrogens (tertiary/aromatic N) is 3. The quantitative estimate of drug-likeness (QED) is 0.742. The second-order valence-electron chi connectivity index (χ2n) is 7.50. The van der Waals surface area contributed by atoms with Crippen molar-refractivity contribution in [3.63, 3.8) is 0 Å². The maximum atomic E-state index is 12.6. The lowest BCUT2D eigenvalue weighted by molar-refractivity contribution is -0.136. The average Bonchev–Trinajstić information content (AvgIpc) is 2.69. The number of hydrogen-bond donors (Lipinski definition) is 2. The Hall–Kier alpha value is -2.38. The van der Waals surface area contributed by atoms with E-state index in [-0.39, 0.29) is 29.2 Å². The molecule has 3 N–H and O–H groups in total. The predicted octanol–water partition coefficient (Wildman–Crippen LogP) is 2.03. The third-order valence-corrected chi connectivity index (χ3v) is 5.69. The summed E-state index contributed by atoms with van der Waals surface area (Å²) in [6.07, 6.45) is 2.48. The Morgan fingerprint density at radius 3 is 2.61 bits per heavy atom. The monoisotopic (exact) mass is 404 g/mol. The number of nitrogens with two attached hydrogens (primary N) is 1. The number of carbonyl (C=O) groups is 1. The Morgan fingerprint density at radius 2 is 1.96 bits per heavy atom. The predicted molar refractivity (Wildman–Crippen MR) is 108 cm³/mol. The molecule has 2 heterocycles. The Labute approximate surface area is 168 Å². The van der Waals surface area contributed by atoms with E-state index in [1.54, 1.807) is 4.90 Å². The first kappa shape index (κ1) is 20.4. The standard InChI is InChI=1S/C20H25ClN4O3/c1-14(15-5-3-2-4-6-15)11-16(26)24-9-7-20(28,8-10-24)12-25-13-23-18(21)17(22)19(25)27/h2-6,13-14,28H,7-12,22H2,1H3/t14-/m1/s1. The highest BCUT2D eigenvalue weighted by Gasteiger charge is 2.35. The minimum Gasteiger partial charge on any atom is -0.392 e. The van der Waals surface area contributed by atoms with Crippen LogP contribution in [-0.2, 0) is 11.3 Å². The summed E-state index contributed by atoms with van der Waals surface area (Å²) in [5, 5.41) is 10.8. The Balaban J connectivity index is 1.58. The van der Waals surface area contributed by atoms with E-state index in [2.05, 4.69) is 4.98 Å². The Bertz CT molecular complexity index is 892. The lowest BCUT2D eigenvalue weighted by atomic mass is 9.90. The van der Waals surface area contributed by atoms with E-state index in [0.717, 1.165) is 5.56 Å². The molecular weight excluding hydrogens is 380 g/mol. The smallest absolute Gasteiger partial charge is 0.278 e. The van der Waals surface area contributed by atoms with Crippen LogP contribution in [0.4, 0.5) is 5.69 Å². The van der Waals surface area contributed by atoms with Crippen molar-refractivity contribution in [3.8, 4) is 0 Å². The van der Waals surface area contributed by atoms with Crippen LogP contribution in [0.5, 0.6) is 0 Å². The van der Waals surface area contributed by atoms with Gasteiger partial charge in [-0.15, -0.1) is 0 Å². The number of aromatic nitrogens is 2. The van der Waals surface area contributed by atoms with Gasteiger partial charge in [-0.2, -0.15) is 0 Å². The largest absolute Gasteiger partial charge is 0.392 e. The molecule has 1 aromatic carbocycles. The average molecular weight is 405 g/mol. The zero-order valence-electron chi connectivity index (χ0n) is 15.8. The number of carbonyl (C=O) groups excluding carboxylic acids is 1. The van der Waals surface area contributed by atoms with Crippen LogP contribution >= 0.6 is 11.6 Å². The molecule has 0 saturated carbocycles. The van der Waals surface area contributed by atoms with Crippen molar-refractivity contribution >= 4 is 23.2 Å². The Kier molecular flexibility index (Phi) is 6.05. The zero-order valence-corrected chi connectivity index (χ0v) is 16.6. The minimum atomic E-state index is -1.09. The second kappa shape index (κ2) is 8.32. The molecule has 1 aliphatic rings. The fraction of sp³-hybridized carbons (Fsp3) is 0.450. The minimum absolute atomic E-state index is 0.0406. The van der Waals surface area contributed by atoms with Crippen LogP contribution in [0.15, 0.2) is 41.5 Å². The number of benzene rings is 1. The number of likely N-dealkylation sites (tertiary alicyclic amines) is 1. The van der Waals surface area contributed by atoms with Gasteiger partial charge in [-0.25, -0.2) is 4.98 Å². The van der Waals surface area contributed by atoms with E-state index < -0.39 is 11.2 Å². The molecule has 1 aromatic heterocycles. The van der Waals surface area contributed by atoms with Crippen molar-refractivity contribution in [1.29, 1.82) is 0 Å². The molecule has 7 nitrogen and oxygen atoms in total. The molecule has 3 rings (SSSR count).